The summed E-state index contributed by atoms with van der Waals surface area (Å²) >= 11 is 0. The predicted octanol–water partition coefficient (Wildman–Crippen LogP) is 2.69. The van der Waals surface area contributed by atoms with E-state index in [0.29, 0.717) is 22.9 Å². The Morgan fingerprint density at radius 1 is 1.27 bits per heavy atom. The van der Waals surface area contributed by atoms with E-state index in [4.69, 9.17) is 15.7 Å². The van der Waals surface area contributed by atoms with E-state index >= 15 is 0 Å². The molecule has 0 spiro atoms. The van der Waals surface area contributed by atoms with Crippen molar-refractivity contribution in [3.05, 3.63) is 35.0 Å². The van der Waals surface area contributed by atoms with Gasteiger partial charge in [0.25, 0.3) is 0 Å². The van der Waals surface area contributed by atoms with Crippen LogP contribution in [0.5, 0.6) is 0 Å². The van der Waals surface area contributed by atoms with E-state index in [0.717, 1.165) is 56.7 Å². The van der Waals surface area contributed by atoms with Gasteiger partial charge in [0, 0.05) is 43.0 Å². The molecule has 8 nitrogen and oxygen atoms in total. The van der Waals surface area contributed by atoms with E-state index < -0.39 is 0 Å². The maximum Gasteiger partial charge on any atom is 0.229 e. The Hall–Kier alpha value is -3.05. The number of hydrogen-bond acceptors (Lipinski definition) is 7. The highest BCUT2D eigenvalue weighted by Gasteiger charge is 2.27. The van der Waals surface area contributed by atoms with Crippen LogP contribution in [-0.2, 0) is 17.6 Å². The second-order valence-corrected chi connectivity index (χ2v) is 7.72. The van der Waals surface area contributed by atoms with Crippen molar-refractivity contribution in [2.24, 2.45) is 0 Å². The minimum Gasteiger partial charge on any atom is -0.399 e. The number of hydrogen-bond donors (Lipinski definition) is 3. The third-order valence-corrected chi connectivity index (χ3v) is 5.38. The molecular weight excluding hydrogens is 402 g/mol. The lowest BCUT2D eigenvalue weighted by Gasteiger charge is -2.35. The molecule has 4 rings (SSSR count). The number of halogens is 1. The molecule has 1 aromatic carbocycles. The largest absolute Gasteiger partial charge is 0.399 e. The van der Waals surface area contributed by atoms with Gasteiger partial charge in [0.15, 0.2) is 0 Å². The minimum atomic E-state index is 0. The van der Waals surface area contributed by atoms with Gasteiger partial charge in [0.2, 0.25) is 11.9 Å². The number of nitrogens with one attached hydrogen (secondary N) is 2. The van der Waals surface area contributed by atoms with Crippen molar-refractivity contribution in [2.75, 3.05) is 29.0 Å². The number of rotatable bonds is 4. The summed E-state index contributed by atoms with van der Waals surface area (Å²) in [6.45, 7) is 3.22. The molecule has 1 unspecified atom stereocenters. The van der Waals surface area contributed by atoms with E-state index in [2.05, 4.69) is 21.6 Å². The molecule has 0 radical (unpaired) electrons. The molecular formula is C21H26ClN7O. The Morgan fingerprint density at radius 2 is 2.10 bits per heavy atom. The quantitative estimate of drug-likeness (QED) is 0.641. The lowest BCUT2D eigenvalue weighted by atomic mass is 10.0. The summed E-state index contributed by atoms with van der Waals surface area (Å²) in [5.74, 6) is 1.47. The molecule has 1 aromatic heterocycles. The van der Waals surface area contributed by atoms with Crippen LogP contribution in [0.2, 0.25) is 0 Å². The highest BCUT2D eigenvalue weighted by molar-refractivity contribution is 5.85. The molecule has 30 heavy (non-hydrogen) atoms. The topological polar surface area (TPSA) is 120 Å². The summed E-state index contributed by atoms with van der Waals surface area (Å²) in [7, 11) is 0. The van der Waals surface area contributed by atoms with E-state index in [1.807, 2.05) is 0 Å². The number of nitrogens with zero attached hydrogens (tertiary/aromatic N) is 4. The Bertz CT molecular complexity index is 988. The first-order valence-electron chi connectivity index (χ1n) is 10.0. The smallest absolute Gasteiger partial charge is 0.229 e. The molecule has 2 aromatic rings. The first-order chi connectivity index (χ1) is 14.0. The van der Waals surface area contributed by atoms with Crippen LogP contribution in [-0.4, -0.2) is 35.0 Å². The molecule has 1 atom stereocenters. The number of carbonyl (C=O) groups excluding carboxylic acids is 1. The van der Waals surface area contributed by atoms with E-state index in [-0.39, 0.29) is 24.4 Å². The van der Waals surface area contributed by atoms with Gasteiger partial charge in [-0.15, -0.1) is 12.4 Å². The van der Waals surface area contributed by atoms with Crippen LogP contribution in [0.15, 0.2) is 18.2 Å². The summed E-state index contributed by atoms with van der Waals surface area (Å²) in [5, 5.41) is 15.4. The first kappa shape index (κ1) is 21.7. The van der Waals surface area contributed by atoms with E-state index in [1.54, 1.807) is 25.1 Å². The number of benzene rings is 1. The molecule has 1 amide bonds. The Kier molecular flexibility index (Phi) is 6.63. The number of nitriles is 1. The summed E-state index contributed by atoms with van der Waals surface area (Å²) in [4.78, 5) is 23.3. The van der Waals surface area contributed by atoms with Crippen molar-refractivity contribution in [1.29, 1.82) is 5.26 Å². The summed E-state index contributed by atoms with van der Waals surface area (Å²) in [6, 6.07) is 7.39. The van der Waals surface area contributed by atoms with Gasteiger partial charge in [-0.1, -0.05) is 0 Å². The molecule has 158 valence electrons. The maximum atomic E-state index is 11.5. The number of aryl methyl sites for hydroxylation is 1. The van der Waals surface area contributed by atoms with E-state index in [1.165, 1.54) is 5.56 Å². The number of fused-ring (bicyclic) bond motifs is 1. The molecule has 1 fully saturated rings. The Morgan fingerprint density at radius 3 is 2.87 bits per heavy atom. The Balaban J connectivity index is 0.00000256. The van der Waals surface area contributed by atoms with Crippen molar-refractivity contribution in [1.82, 2.24) is 15.3 Å². The molecule has 1 saturated heterocycles. The number of carbonyl (C=O) groups is 1. The van der Waals surface area contributed by atoms with Crippen molar-refractivity contribution < 1.29 is 4.79 Å². The molecule has 1 aliphatic heterocycles. The first-order valence-corrected chi connectivity index (χ1v) is 10.0. The normalized spacial score (nSPS) is 17.5. The van der Waals surface area contributed by atoms with Crippen molar-refractivity contribution in [3.8, 4) is 6.07 Å². The maximum absolute atomic E-state index is 11.5. The number of nitrogens with two attached hydrogens (primary N) is 1. The van der Waals surface area contributed by atoms with Crippen molar-refractivity contribution >= 4 is 41.5 Å². The van der Waals surface area contributed by atoms with Crippen LogP contribution in [0, 0.1) is 11.3 Å². The highest BCUT2D eigenvalue weighted by atomic mass is 35.5. The van der Waals surface area contributed by atoms with Crippen LogP contribution in [0.4, 0.5) is 23.1 Å². The average Bonchev–Trinajstić information content (AvgIpc) is 3.15. The van der Waals surface area contributed by atoms with Gasteiger partial charge >= 0.3 is 0 Å². The second kappa shape index (κ2) is 9.18. The Labute approximate surface area is 182 Å². The van der Waals surface area contributed by atoms with Crippen LogP contribution >= 0.6 is 12.4 Å². The summed E-state index contributed by atoms with van der Waals surface area (Å²) in [6.07, 6.45) is 4.97. The van der Waals surface area contributed by atoms with Gasteiger partial charge < -0.3 is 21.3 Å². The zero-order chi connectivity index (χ0) is 20.4. The zero-order valence-electron chi connectivity index (χ0n) is 16.9. The highest BCUT2D eigenvalue weighted by Crippen LogP contribution is 2.32. The van der Waals surface area contributed by atoms with Crippen molar-refractivity contribution in [3.63, 3.8) is 0 Å². The molecule has 9 heteroatoms. The molecule has 2 heterocycles. The number of amides is 1. The average molecular weight is 428 g/mol. The molecule has 0 bridgehead atoms. The second-order valence-electron chi connectivity index (χ2n) is 7.72. The molecule has 2 aliphatic rings. The molecule has 1 aliphatic carbocycles. The third-order valence-electron chi connectivity index (χ3n) is 5.38. The number of piperidine rings is 1. The van der Waals surface area contributed by atoms with Gasteiger partial charge in [-0.25, -0.2) is 4.98 Å². The number of aromatic nitrogens is 2. The van der Waals surface area contributed by atoms with Gasteiger partial charge in [-0.05, 0) is 50.3 Å². The zero-order valence-corrected chi connectivity index (χ0v) is 17.8. The van der Waals surface area contributed by atoms with Crippen LogP contribution in [0.25, 0.3) is 0 Å². The summed E-state index contributed by atoms with van der Waals surface area (Å²) in [5.41, 5.74) is 9.89. The predicted molar refractivity (Wildman–Crippen MR) is 119 cm³/mol. The van der Waals surface area contributed by atoms with Gasteiger partial charge in [0.1, 0.15) is 5.82 Å². The van der Waals surface area contributed by atoms with Gasteiger partial charge in [0.05, 0.1) is 17.3 Å². The number of nitrogen functional groups attached to an aromatic ring is 1. The van der Waals surface area contributed by atoms with Crippen molar-refractivity contribution in [2.45, 2.75) is 45.1 Å². The van der Waals surface area contributed by atoms with Crippen LogP contribution in [0.1, 0.15) is 43.0 Å². The SMILES string of the molecule is CC(=O)NC1CCCN(c2nc(Nc3cc(N)cc(C#N)c3)nc3c2CCC3)C1.Cl. The monoisotopic (exact) mass is 427 g/mol. The summed E-state index contributed by atoms with van der Waals surface area (Å²) < 4.78 is 0. The lowest BCUT2D eigenvalue weighted by molar-refractivity contribution is -0.119. The van der Waals surface area contributed by atoms with Gasteiger partial charge in [-0.2, -0.15) is 10.2 Å². The third kappa shape index (κ3) is 4.74. The van der Waals surface area contributed by atoms with Crippen LogP contribution < -0.4 is 21.3 Å². The van der Waals surface area contributed by atoms with Gasteiger partial charge in [-0.3, -0.25) is 4.79 Å². The minimum absolute atomic E-state index is 0. The fraction of sp³-hybridized carbons (Fsp3) is 0.429. The molecule has 4 N–H and O–H groups in total. The fourth-order valence-electron chi connectivity index (χ4n) is 4.22. The number of anilines is 4. The fourth-order valence-corrected chi connectivity index (χ4v) is 4.22. The van der Waals surface area contributed by atoms with E-state index in [9.17, 15) is 10.1 Å². The van der Waals surface area contributed by atoms with Crippen LogP contribution in [0.3, 0.4) is 0 Å². The molecule has 0 saturated carbocycles. The standard InChI is InChI=1S/C21H25N7O.ClH/c1-13(29)24-16-4-3-7-28(12-16)20-18-5-2-6-19(18)26-21(27-20)25-17-9-14(11-22)8-15(23)10-17;/h8-10,16H,2-7,12,23H2,1H3,(H,24,29)(H,25,26,27);1H. The lowest BCUT2D eigenvalue weighted by Crippen LogP contribution is -2.47.